The largest absolute Gasteiger partial charge is 0.480 e. The molecule has 0 spiro atoms. The average molecular weight is 227 g/mol. The molecule has 88 valence electrons. The zero-order valence-electron chi connectivity index (χ0n) is 8.94. The molecule has 1 amide bonds. The summed E-state index contributed by atoms with van der Waals surface area (Å²) in [6.45, 7) is 1.39. The number of carbonyl (C=O) groups excluding carboxylic acids is 1. The molecule has 0 saturated carbocycles. The topological polar surface area (TPSA) is 72.6 Å². The lowest BCUT2D eigenvalue weighted by atomic mass is 10.2. The lowest BCUT2D eigenvalue weighted by Crippen LogP contribution is -2.33. The lowest BCUT2D eigenvalue weighted by molar-refractivity contribution is -0.124. The van der Waals surface area contributed by atoms with Crippen molar-refractivity contribution in [1.29, 1.82) is 0 Å². The van der Waals surface area contributed by atoms with E-state index in [-0.39, 0.29) is 12.4 Å². The van der Waals surface area contributed by atoms with Crippen molar-refractivity contribution in [2.24, 2.45) is 5.73 Å². The van der Waals surface area contributed by atoms with Crippen LogP contribution in [0.1, 0.15) is 18.9 Å². The number of amides is 1. The van der Waals surface area contributed by atoms with Crippen molar-refractivity contribution in [3.8, 4) is 5.75 Å². The normalized spacial score (nSPS) is 12.2. The van der Waals surface area contributed by atoms with Crippen LogP contribution in [0, 0.1) is 5.82 Å². The number of benzene rings is 1. The first-order valence-corrected chi connectivity index (χ1v) is 4.93. The molecule has 1 aromatic rings. The van der Waals surface area contributed by atoms with Crippen LogP contribution in [0.15, 0.2) is 18.2 Å². The van der Waals surface area contributed by atoms with Crippen molar-refractivity contribution in [3.05, 3.63) is 29.6 Å². The Bertz CT molecular complexity index is 381. The highest BCUT2D eigenvalue weighted by molar-refractivity contribution is 5.79. The van der Waals surface area contributed by atoms with Crippen LogP contribution in [0.2, 0.25) is 0 Å². The maximum Gasteiger partial charge on any atom is 0.258 e. The molecule has 1 aromatic carbocycles. The van der Waals surface area contributed by atoms with Crippen LogP contribution in [-0.4, -0.2) is 17.1 Å². The Labute approximate surface area is 92.8 Å². The van der Waals surface area contributed by atoms with Gasteiger partial charge in [-0.05, 0) is 24.6 Å². The molecule has 0 aromatic heterocycles. The summed E-state index contributed by atoms with van der Waals surface area (Å²) in [5, 5.41) is 9.00. The van der Waals surface area contributed by atoms with Gasteiger partial charge >= 0.3 is 0 Å². The van der Waals surface area contributed by atoms with E-state index in [0.29, 0.717) is 12.0 Å². The quantitative estimate of drug-likeness (QED) is 0.787. The fraction of sp³-hybridized carbons (Fsp3) is 0.364. The Kier molecular flexibility index (Phi) is 4.25. The molecule has 3 N–H and O–H groups in total. The molecular formula is C11H14FNO3. The van der Waals surface area contributed by atoms with Crippen molar-refractivity contribution >= 4 is 5.91 Å². The summed E-state index contributed by atoms with van der Waals surface area (Å²) < 4.78 is 18.2. The first-order valence-electron chi connectivity index (χ1n) is 4.93. The summed E-state index contributed by atoms with van der Waals surface area (Å²) in [7, 11) is 0. The Morgan fingerprint density at radius 1 is 1.62 bits per heavy atom. The van der Waals surface area contributed by atoms with Gasteiger partial charge in [-0.25, -0.2) is 4.39 Å². The second kappa shape index (κ2) is 5.46. The summed E-state index contributed by atoms with van der Waals surface area (Å²) in [5.74, 6) is -0.784. The van der Waals surface area contributed by atoms with Gasteiger partial charge in [-0.3, -0.25) is 4.79 Å². The molecular weight excluding hydrogens is 213 g/mol. The first-order chi connectivity index (χ1) is 7.58. The number of primary amides is 1. The lowest BCUT2D eigenvalue weighted by Gasteiger charge is -2.16. The zero-order chi connectivity index (χ0) is 12.1. The molecule has 1 rings (SSSR count). The van der Waals surface area contributed by atoms with Gasteiger partial charge in [0.2, 0.25) is 0 Å². The summed E-state index contributed by atoms with van der Waals surface area (Å²) >= 11 is 0. The summed E-state index contributed by atoms with van der Waals surface area (Å²) in [5.41, 5.74) is 5.41. The molecule has 16 heavy (non-hydrogen) atoms. The molecule has 0 fully saturated rings. The van der Waals surface area contributed by atoms with Gasteiger partial charge in [0.05, 0.1) is 6.61 Å². The van der Waals surface area contributed by atoms with Crippen LogP contribution in [0.5, 0.6) is 5.75 Å². The smallest absolute Gasteiger partial charge is 0.258 e. The number of rotatable bonds is 5. The van der Waals surface area contributed by atoms with E-state index in [9.17, 15) is 9.18 Å². The van der Waals surface area contributed by atoms with Gasteiger partial charge in [0.25, 0.3) is 5.91 Å². The van der Waals surface area contributed by atoms with E-state index < -0.39 is 17.8 Å². The molecule has 0 radical (unpaired) electrons. The van der Waals surface area contributed by atoms with Crippen LogP contribution in [-0.2, 0) is 11.4 Å². The van der Waals surface area contributed by atoms with Gasteiger partial charge in [0, 0.05) is 5.56 Å². The van der Waals surface area contributed by atoms with Gasteiger partial charge < -0.3 is 15.6 Å². The van der Waals surface area contributed by atoms with Crippen LogP contribution >= 0.6 is 0 Å². The van der Waals surface area contributed by atoms with Crippen LogP contribution in [0.3, 0.4) is 0 Å². The fourth-order valence-electron chi connectivity index (χ4n) is 1.28. The van der Waals surface area contributed by atoms with Gasteiger partial charge in [-0.1, -0.05) is 6.92 Å². The van der Waals surface area contributed by atoms with E-state index in [1.165, 1.54) is 12.1 Å². The Hall–Kier alpha value is -1.62. The molecule has 1 atom stereocenters. The van der Waals surface area contributed by atoms with Crippen LogP contribution < -0.4 is 10.5 Å². The van der Waals surface area contributed by atoms with Gasteiger partial charge in [-0.2, -0.15) is 0 Å². The van der Waals surface area contributed by atoms with Crippen molar-refractivity contribution in [2.75, 3.05) is 0 Å². The summed E-state index contributed by atoms with van der Waals surface area (Å²) in [6, 6.07) is 3.72. The number of aliphatic hydroxyl groups is 1. The van der Waals surface area contributed by atoms with E-state index in [4.69, 9.17) is 15.6 Å². The number of halogens is 1. The molecule has 0 saturated heterocycles. The predicted molar refractivity (Wildman–Crippen MR) is 56.2 cm³/mol. The molecule has 0 aliphatic carbocycles. The number of hydrogen-bond donors (Lipinski definition) is 2. The van der Waals surface area contributed by atoms with Gasteiger partial charge in [0.1, 0.15) is 11.6 Å². The Balaban J connectivity index is 2.91. The molecule has 4 nitrogen and oxygen atoms in total. The number of aliphatic hydroxyl groups excluding tert-OH is 1. The molecule has 0 bridgehead atoms. The minimum atomic E-state index is -0.768. The minimum absolute atomic E-state index is 0.273. The highest BCUT2D eigenvalue weighted by atomic mass is 19.1. The molecule has 0 aliphatic rings. The predicted octanol–water partition coefficient (Wildman–Crippen LogP) is 0.961. The SMILES string of the molecule is CCC(Oc1ccc(F)cc1CO)C(N)=O. The van der Waals surface area contributed by atoms with Crippen molar-refractivity contribution in [1.82, 2.24) is 0 Å². The highest BCUT2D eigenvalue weighted by Crippen LogP contribution is 2.21. The van der Waals surface area contributed by atoms with E-state index in [2.05, 4.69) is 0 Å². The molecule has 0 aliphatic heterocycles. The van der Waals surface area contributed by atoms with E-state index in [0.717, 1.165) is 6.07 Å². The molecule has 1 unspecified atom stereocenters. The third-order valence-corrected chi connectivity index (χ3v) is 2.15. The average Bonchev–Trinajstić information content (AvgIpc) is 2.26. The summed E-state index contributed by atoms with van der Waals surface area (Å²) in [4.78, 5) is 11.0. The minimum Gasteiger partial charge on any atom is -0.480 e. The zero-order valence-corrected chi connectivity index (χ0v) is 8.94. The van der Waals surface area contributed by atoms with E-state index >= 15 is 0 Å². The van der Waals surface area contributed by atoms with E-state index in [1.807, 2.05) is 0 Å². The first kappa shape index (κ1) is 12.4. The van der Waals surface area contributed by atoms with Crippen LogP contribution in [0.25, 0.3) is 0 Å². The molecule has 5 heteroatoms. The standard InChI is InChI=1S/C11H14FNO3/c1-2-9(11(13)15)16-10-4-3-8(12)5-7(10)6-14/h3-5,9,14H,2,6H2,1H3,(H2,13,15). The monoisotopic (exact) mass is 227 g/mol. The van der Waals surface area contributed by atoms with Crippen LogP contribution in [0.4, 0.5) is 4.39 Å². The second-order valence-electron chi connectivity index (χ2n) is 3.33. The Morgan fingerprint density at radius 2 is 2.31 bits per heavy atom. The highest BCUT2D eigenvalue weighted by Gasteiger charge is 2.16. The number of carbonyl (C=O) groups is 1. The maximum absolute atomic E-state index is 12.9. The van der Waals surface area contributed by atoms with Gasteiger partial charge in [0.15, 0.2) is 6.10 Å². The number of nitrogens with two attached hydrogens (primary N) is 1. The summed E-state index contributed by atoms with van der Waals surface area (Å²) in [6.07, 6.45) is -0.354. The Morgan fingerprint density at radius 3 is 2.81 bits per heavy atom. The molecule has 0 heterocycles. The maximum atomic E-state index is 12.9. The van der Waals surface area contributed by atoms with E-state index in [1.54, 1.807) is 6.92 Å². The second-order valence-corrected chi connectivity index (χ2v) is 3.33. The number of ether oxygens (including phenoxy) is 1. The third kappa shape index (κ3) is 2.93. The fourth-order valence-corrected chi connectivity index (χ4v) is 1.28. The third-order valence-electron chi connectivity index (χ3n) is 2.15. The van der Waals surface area contributed by atoms with Crippen molar-refractivity contribution in [2.45, 2.75) is 26.1 Å². The van der Waals surface area contributed by atoms with Crippen molar-refractivity contribution < 1.29 is 19.0 Å². The van der Waals surface area contributed by atoms with Gasteiger partial charge in [-0.15, -0.1) is 0 Å². The van der Waals surface area contributed by atoms with Crippen molar-refractivity contribution in [3.63, 3.8) is 0 Å². The number of hydrogen-bond acceptors (Lipinski definition) is 3.